The lowest BCUT2D eigenvalue weighted by Crippen LogP contribution is -2.32. The number of thiophene rings is 1. The van der Waals surface area contributed by atoms with Gasteiger partial charge >= 0.3 is 0 Å². The molecule has 0 radical (unpaired) electrons. The van der Waals surface area contributed by atoms with Gasteiger partial charge in [0.2, 0.25) is 0 Å². The first-order chi connectivity index (χ1) is 5.72. The molecule has 0 saturated heterocycles. The quantitative estimate of drug-likeness (QED) is 0.808. The highest BCUT2D eigenvalue weighted by molar-refractivity contribution is 9.11. The molecule has 1 aliphatic carbocycles. The van der Waals surface area contributed by atoms with Crippen molar-refractivity contribution in [2.45, 2.75) is 31.2 Å². The molecule has 12 heavy (non-hydrogen) atoms. The Balaban J connectivity index is 2.34. The van der Waals surface area contributed by atoms with Crippen LogP contribution in [0.25, 0.3) is 0 Å². The SMILES string of the molecule is NC1(c2ccsc2Br)CCCC1. The topological polar surface area (TPSA) is 26.0 Å². The van der Waals surface area contributed by atoms with Crippen LogP contribution in [0.1, 0.15) is 31.2 Å². The number of rotatable bonds is 1. The molecule has 1 aromatic rings. The summed E-state index contributed by atoms with van der Waals surface area (Å²) in [4.78, 5) is 0. The van der Waals surface area contributed by atoms with E-state index in [4.69, 9.17) is 5.73 Å². The highest BCUT2D eigenvalue weighted by Crippen LogP contribution is 2.41. The zero-order chi connectivity index (χ0) is 8.60. The molecule has 1 aromatic heterocycles. The summed E-state index contributed by atoms with van der Waals surface area (Å²) in [6, 6.07) is 2.15. The molecule has 1 aliphatic rings. The van der Waals surface area contributed by atoms with Crippen LogP contribution in [0.5, 0.6) is 0 Å². The fourth-order valence-electron chi connectivity index (χ4n) is 1.93. The van der Waals surface area contributed by atoms with Crippen LogP contribution in [0, 0.1) is 0 Å². The molecule has 0 atom stereocenters. The highest BCUT2D eigenvalue weighted by Gasteiger charge is 2.33. The molecular weight excluding hydrogens is 234 g/mol. The maximum atomic E-state index is 6.30. The molecule has 0 spiro atoms. The van der Waals surface area contributed by atoms with E-state index in [2.05, 4.69) is 27.4 Å². The molecule has 0 aromatic carbocycles. The minimum atomic E-state index is -0.0289. The fourth-order valence-corrected chi connectivity index (χ4v) is 3.50. The molecule has 0 aliphatic heterocycles. The number of hydrogen-bond donors (Lipinski definition) is 1. The Morgan fingerprint density at radius 2 is 2.08 bits per heavy atom. The van der Waals surface area contributed by atoms with Crippen molar-refractivity contribution in [3.05, 3.63) is 20.8 Å². The van der Waals surface area contributed by atoms with Gasteiger partial charge in [0.05, 0.1) is 3.79 Å². The second-order valence-electron chi connectivity index (χ2n) is 3.47. The van der Waals surface area contributed by atoms with Gasteiger partial charge in [-0.15, -0.1) is 11.3 Å². The second kappa shape index (κ2) is 3.13. The molecule has 1 nitrogen and oxygen atoms in total. The Morgan fingerprint density at radius 1 is 1.42 bits per heavy atom. The standard InChI is InChI=1S/C9H12BrNS/c10-8-7(3-6-12-8)9(11)4-1-2-5-9/h3,6H,1-2,4-5,11H2. The molecule has 3 heteroatoms. The smallest absolute Gasteiger partial charge is 0.0748 e. The second-order valence-corrected chi connectivity index (χ2v) is 5.71. The van der Waals surface area contributed by atoms with E-state index in [1.54, 1.807) is 11.3 Å². The maximum absolute atomic E-state index is 6.30. The van der Waals surface area contributed by atoms with E-state index in [0.717, 1.165) is 12.8 Å². The minimum absolute atomic E-state index is 0.0289. The summed E-state index contributed by atoms with van der Waals surface area (Å²) < 4.78 is 1.21. The van der Waals surface area contributed by atoms with E-state index in [0.29, 0.717) is 0 Å². The van der Waals surface area contributed by atoms with E-state index in [1.165, 1.54) is 22.2 Å². The minimum Gasteiger partial charge on any atom is -0.321 e. The fraction of sp³-hybridized carbons (Fsp3) is 0.556. The van der Waals surface area contributed by atoms with Gasteiger partial charge in [-0.05, 0) is 45.8 Å². The van der Waals surface area contributed by atoms with Crippen LogP contribution in [0.3, 0.4) is 0 Å². The number of hydrogen-bond acceptors (Lipinski definition) is 2. The van der Waals surface area contributed by atoms with Crippen LogP contribution in [-0.2, 0) is 5.54 Å². The average Bonchev–Trinajstić information content (AvgIpc) is 2.59. The van der Waals surface area contributed by atoms with Crippen LogP contribution in [0.15, 0.2) is 15.2 Å². The molecule has 0 amide bonds. The largest absolute Gasteiger partial charge is 0.321 e. The lowest BCUT2D eigenvalue weighted by Gasteiger charge is -2.22. The molecule has 0 bridgehead atoms. The Bertz CT molecular complexity index is 276. The van der Waals surface area contributed by atoms with E-state index < -0.39 is 0 Å². The summed E-state index contributed by atoms with van der Waals surface area (Å²) in [5.41, 5.74) is 7.58. The number of nitrogens with two attached hydrogens (primary N) is 1. The highest BCUT2D eigenvalue weighted by atomic mass is 79.9. The first-order valence-electron chi connectivity index (χ1n) is 4.25. The molecule has 1 saturated carbocycles. The number of halogens is 1. The molecule has 1 heterocycles. The van der Waals surface area contributed by atoms with Crippen molar-refractivity contribution < 1.29 is 0 Å². The molecule has 0 unspecified atom stereocenters. The maximum Gasteiger partial charge on any atom is 0.0748 e. The van der Waals surface area contributed by atoms with Crippen molar-refractivity contribution in [3.63, 3.8) is 0 Å². The van der Waals surface area contributed by atoms with Gasteiger partial charge in [0.15, 0.2) is 0 Å². The summed E-state index contributed by atoms with van der Waals surface area (Å²) in [6.45, 7) is 0. The molecule has 66 valence electrons. The van der Waals surface area contributed by atoms with Gasteiger partial charge in [-0.25, -0.2) is 0 Å². The van der Waals surface area contributed by atoms with Gasteiger partial charge in [-0.3, -0.25) is 0 Å². The summed E-state index contributed by atoms with van der Waals surface area (Å²) in [5.74, 6) is 0. The first kappa shape index (κ1) is 8.73. The lowest BCUT2D eigenvalue weighted by atomic mass is 9.92. The normalized spacial score (nSPS) is 21.5. The average molecular weight is 246 g/mol. The van der Waals surface area contributed by atoms with Crippen molar-refractivity contribution in [3.8, 4) is 0 Å². The molecule has 2 N–H and O–H groups in total. The van der Waals surface area contributed by atoms with E-state index in [1.807, 2.05) is 0 Å². The first-order valence-corrected chi connectivity index (χ1v) is 5.92. The van der Waals surface area contributed by atoms with Crippen LogP contribution in [-0.4, -0.2) is 0 Å². The Kier molecular flexibility index (Phi) is 2.27. The third-order valence-corrected chi connectivity index (χ3v) is 4.34. The van der Waals surface area contributed by atoms with Crippen molar-refractivity contribution in [1.29, 1.82) is 0 Å². The Labute approximate surface area is 85.1 Å². The zero-order valence-electron chi connectivity index (χ0n) is 6.85. The third kappa shape index (κ3) is 1.34. The van der Waals surface area contributed by atoms with Gasteiger partial charge in [0.1, 0.15) is 0 Å². The van der Waals surface area contributed by atoms with Crippen molar-refractivity contribution >= 4 is 27.3 Å². The molecular formula is C9H12BrNS. The van der Waals surface area contributed by atoms with Crippen LogP contribution in [0.2, 0.25) is 0 Å². The Hall–Kier alpha value is 0.140. The summed E-state index contributed by atoms with van der Waals surface area (Å²) in [6.07, 6.45) is 4.84. The molecule has 1 fully saturated rings. The Morgan fingerprint density at radius 3 is 2.58 bits per heavy atom. The van der Waals surface area contributed by atoms with Crippen LogP contribution in [0.4, 0.5) is 0 Å². The summed E-state index contributed by atoms with van der Waals surface area (Å²) >= 11 is 5.28. The molecule has 2 rings (SSSR count). The monoisotopic (exact) mass is 245 g/mol. The lowest BCUT2D eigenvalue weighted by molar-refractivity contribution is 0.461. The summed E-state index contributed by atoms with van der Waals surface area (Å²) in [7, 11) is 0. The van der Waals surface area contributed by atoms with Crippen molar-refractivity contribution in [1.82, 2.24) is 0 Å². The van der Waals surface area contributed by atoms with Gasteiger partial charge in [-0.2, -0.15) is 0 Å². The van der Waals surface area contributed by atoms with Crippen molar-refractivity contribution in [2.75, 3.05) is 0 Å². The van der Waals surface area contributed by atoms with Gasteiger partial charge < -0.3 is 5.73 Å². The van der Waals surface area contributed by atoms with Gasteiger partial charge in [-0.1, -0.05) is 12.8 Å². The van der Waals surface area contributed by atoms with E-state index in [-0.39, 0.29) is 5.54 Å². The van der Waals surface area contributed by atoms with E-state index >= 15 is 0 Å². The van der Waals surface area contributed by atoms with Gasteiger partial charge in [0, 0.05) is 5.54 Å². The zero-order valence-corrected chi connectivity index (χ0v) is 9.25. The predicted octanol–water partition coefficient (Wildman–Crippen LogP) is 3.24. The van der Waals surface area contributed by atoms with Crippen LogP contribution >= 0.6 is 27.3 Å². The van der Waals surface area contributed by atoms with Crippen LogP contribution < -0.4 is 5.73 Å². The van der Waals surface area contributed by atoms with E-state index in [9.17, 15) is 0 Å². The predicted molar refractivity (Wildman–Crippen MR) is 56.4 cm³/mol. The van der Waals surface area contributed by atoms with Gasteiger partial charge in [0.25, 0.3) is 0 Å². The third-order valence-electron chi connectivity index (χ3n) is 2.65. The van der Waals surface area contributed by atoms with Crippen molar-refractivity contribution in [2.24, 2.45) is 5.73 Å². The summed E-state index contributed by atoms with van der Waals surface area (Å²) in [5, 5.41) is 2.10.